The minimum absolute atomic E-state index is 0.00000665. The molecule has 1 aromatic heterocycles. The van der Waals surface area contributed by atoms with Crippen LogP contribution in [0.15, 0.2) is 35.5 Å². The Labute approximate surface area is 187 Å². The van der Waals surface area contributed by atoms with Gasteiger partial charge >= 0.3 is 6.18 Å². The quantitative estimate of drug-likeness (QED) is 0.636. The summed E-state index contributed by atoms with van der Waals surface area (Å²) in [5.74, 6) is -4.59. The highest BCUT2D eigenvalue weighted by Gasteiger charge is 2.55. The van der Waals surface area contributed by atoms with Gasteiger partial charge in [-0.1, -0.05) is 11.8 Å². The number of carbonyl (C=O) groups excluding carboxylic acids is 1. The number of alkyl halides is 3. The minimum atomic E-state index is -4.59. The summed E-state index contributed by atoms with van der Waals surface area (Å²) in [7, 11) is 0. The number of ether oxygens (including phenoxy) is 1. The van der Waals surface area contributed by atoms with E-state index in [1.807, 2.05) is 0 Å². The molecule has 33 heavy (non-hydrogen) atoms. The molecule has 2 aliphatic heterocycles. The average molecular weight is 490 g/mol. The molecule has 0 radical (unpaired) electrons. The first-order valence-corrected chi connectivity index (χ1v) is 10.6. The third-order valence-corrected chi connectivity index (χ3v) is 6.46. The van der Waals surface area contributed by atoms with Gasteiger partial charge < -0.3 is 15.8 Å². The summed E-state index contributed by atoms with van der Waals surface area (Å²) in [4.78, 5) is 20.1. The normalized spacial score (nSPS) is 25.2. The van der Waals surface area contributed by atoms with Crippen LogP contribution in [0.1, 0.15) is 22.5 Å². The van der Waals surface area contributed by atoms with Crippen LogP contribution in [0.4, 0.5) is 32.0 Å². The monoisotopic (exact) mass is 490 g/mol. The first kappa shape index (κ1) is 23.4. The number of carbonyl (C=O) groups is 1. The molecule has 0 saturated carbocycles. The van der Waals surface area contributed by atoms with Gasteiger partial charge in [0.2, 0.25) is 0 Å². The van der Waals surface area contributed by atoms with E-state index in [9.17, 15) is 31.1 Å². The van der Waals surface area contributed by atoms with Crippen LogP contribution in [0.2, 0.25) is 0 Å². The zero-order valence-corrected chi connectivity index (χ0v) is 17.4. The molecular weight excluding hydrogens is 474 g/mol. The van der Waals surface area contributed by atoms with Crippen molar-refractivity contribution in [3.05, 3.63) is 59.2 Å². The Balaban J connectivity index is 1.68. The molecule has 1 aromatic carbocycles. The van der Waals surface area contributed by atoms with E-state index in [1.165, 1.54) is 12.1 Å². The molecule has 0 bridgehead atoms. The van der Waals surface area contributed by atoms with Crippen LogP contribution in [0.5, 0.6) is 0 Å². The molecule has 0 aliphatic carbocycles. The van der Waals surface area contributed by atoms with E-state index in [0.29, 0.717) is 12.3 Å². The van der Waals surface area contributed by atoms with E-state index in [2.05, 4.69) is 15.3 Å². The molecule has 6 nitrogen and oxygen atoms in total. The van der Waals surface area contributed by atoms with Gasteiger partial charge in [-0.25, -0.2) is 23.1 Å². The predicted octanol–water partition coefficient (Wildman–Crippen LogP) is 3.98. The summed E-state index contributed by atoms with van der Waals surface area (Å²) < 4.78 is 86.6. The molecule has 1 saturated heterocycles. The summed E-state index contributed by atoms with van der Waals surface area (Å²) in [6.07, 6.45) is -6.41. The molecular formula is C20H16F6N4O2S. The zero-order valence-electron chi connectivity index (χ0n) is 16.6. The van der Waals surface area contributed by atoms with Gasteiger partial charge in [-0.15, -0.1) is 0 Å². The fraction of sp³-hybridized carbons (Fsp3) is 0.350. The molecule has 1 fully saturated rings. The maximum absolute atomic E-state index is 14.9. The maximum Gasteiger partial charge on any atom is 0.414 e. The number of rotatable bonds is 3. The van der Waals surface area contributed by atoms with E-state index in [1.54, 1.807) is 0 Å². The fourth-order valence-corrected chi connectivity index (χ4v) is 4.92. The number of nitrogens with two attached hydrogens (primary N) is 1. The van der Waals surface area contributed by atoms with Crippen molar-refractivity contribution in [2.24, 2.45) is 16.6 Å². The van der Waals surface area contributed by atoms with Crippen LogP contribution in [-0.4, -0.2) is 40.7 Å². The Morgan fingerprint density at radius 1 is 1.21 bits per heavy atom. The molecule has 3 atom stereocenters. The Morgan fingerprint density at radius 3 is 2.67 bits per heavy atom. The van der Waals surface area contributed by atoms with Crippen molar-refractivity contribution < 1.29 is 35.9 Å². The Bertz CT molecular complexity index is 1130. The number of fused-ring (bicyclic) bond motifs is 1. The lowest BCUT2D eigenvalue weighted by Gasteiger charge is -2.46. The molecule has 1 amide bonds. The molecule has 3 heterocycles. The van der Waals surface area contributed by atoms with E-state index < -0.39 is 65.8 Å². The number of anilines is 1. The molecule has 2 aliphatic rings. The highest BCUT2D eigenvalue weighted by Crippen LogP contribution is 2.49. The van der Waals surface area contributed by atoms with E-state index in [-0.39, 0.29) is 22.2 Å². The van der Waals surface area contributed by atoms with Gasteiger partial charge in [0.1, 0.15) is 17.2 Å². The first-order valence-electron chi connectivity index (χ1n) is 9.58. The van der Waals surface area contributed by atoms with E-state index in [4.69, 9.17) is 10.5 Å². The molecule has 13 heteroatoms. The van der Waals surface area contributed by atoms with Crippen LogP contribution in [0.3, 0.4) is 0 Å². The fourth-order valence-electron chi connectivity index (χ4n) is 3.90. The van der Waals surface area contributed by atoms with Crippen molar-refractivity contribution in [2.75, 3.05) is 17.7 Å². The second-order valence-corrected chi connectivity index (χ2v) is 8.63. The second kappa shape index (κ2) is 8.52. The van der Waals surface area contributed by atoms with Crippen molar-refractivity contribution in [1.29, 1.82) is 0 Å². The van der Waals surface area contributed by atoms with Crippen LogP contribution in [0.25, 0.3) is 0 Å². The Hall–Kier alpha value is -2.80. The Kier molecular flexibility index (Phi) is 6.03. The number of nitrogens with one attached hydrogen (secondary N) is 1. The molecule has 0 spiro atoms. The molecule has 4 rings (SSSR count). The maximum atomic E-state index is 14.9. The SMILES string of the molecule is NC1=N[C@@]2(c3cc(NC(=O)c4ncc(F)cc4F)ccc3F)CO[C@@H](C(F)(F)F)C[C@H]2CS1. The van der Waals surface area contributed by atoms with Crippen LogP contribution >= 0.6 is 11.8 Å². The lowest BCUT2D eigenvalue weighted by molar-refractivity contribution is -0.245. The molecule has 3 N–H and O–H groups in total. The van der Waals surface area contributed by atoms with Gasteiger partial charge in [-0.05, 0) is 24.6 Å². The number of hydrogen-bond donors (Lipinski definition) is 2. The van der Waals surface area contributed by atoms with Gasteiger partial charge in [-0.3, -0.25) is 4.79 Å². The second-order valence-electron chi connectivity index (χ2n) is 7.59. The number of pyridine rings is 1. The van der Waals surface area contributed by atoms with E-state index in [0.717, 1.165) is 17.8 Å². The first-order chi connectivity index (χ1) is 15.5. The van der Waals surface area contributed by atoms with Gasteiger partial charge in [0.05, 0.1) is 12.8 Å². The summed E-state index contributed by atoms with van der Waals surface area (Å²) >= 11 is 1.06. The van der Waals surface area contributed by atoms with E-state index >= 15 is 0 Å². The summed E-state index contributed by atoms with van der Waals surface area (Å²) in [6, 6.07) is 3.84. The van der Waals surface area contributed by atoms with Crippen LogP contribution in [0, 0.1) is 23.4 Å². The lowest BCUT2D eigenvalue weighted by Crippen LogP contribution is -2.53. The number of nitrogens with zero attached hydrogens (tertiary/aromatic N) is 2. The molecule has 2 aromatic rings. The van der Waals surface area contributed by atoms with Crippen LogP contribution < -0.4 is 11.1 Å². The summed E-state index contributed by atoms with van der Waals surface area (Å²) in [5, 5.41) is 2.39. The topological polar surface area (TPSA) is 89.6 Å². The number of hydrogen-bond acceptors (Lipinski definition) is 6. The van der Waals surface area contributed by atoms with Gasteiger partial charge in [-0.2, -0.15) is 13.2 Å². The molecule has 0 unspecified atom stereocenters. The van der Waals surface area contributed by atoms with Gasteiger partial charge in [0.25, 0.3) is 5.91 Å². The smallest absolute Gasteiger partial charge is 0.379 e. The number of amides is 1. The number of aromatic nitrogens is 1. The number of thioether (sulfide) groups is 1. The minimum Gasteiger partial charge on any atom is -0.379 e. The average Bonchev–Trinajstić information content (AvgIpc) is 2.73. The lowest BCUT2D eigenvalue weighted by atomic mass is 9.74. The standard InChI is InChI=1S/C20H16F6N4O2S/c21-10-4-14(23)16(28-6-10)17(31)29-11-1-2-13(22)12(5-11)19-8-32-15(20(24,25)26)3-9(19)7-33-18(27)30-19/h1-2,4-6,9,15H,3,7-8H2,(H2,27,30)(H,29,31)/t9-,15+,19-/m0/s1. The summed E-state index contributed by atoms with van der Waals surface area (Å²) in [6.45, 7) is -0.578. The highest BCUT2D eigenvalue weighted by atomic mass is 32.2. The van der Waals surface area contributed by atoms with Crippen molar-refractivity contribution in [3.8, 4) is 0 Å². The number of benzene rings is 1. The molecule has 176 valence electrons. The van der Waals surface area contributed by atoms with Crippen LogP contribution in [-0.2, 0) is 10.3 Å². The highest BCUT2D eigenvalue weighted by molar-refractivity contribution is 8.13. The van der Waals surface area contributed by atoms with Crippen molar-refractivity contribution in [2.45, 2.75) is 24.2 Å². The number of halogens is 6. The third kappa shape index (κ3) is 4.51. The van der Waals surface area contributed by atoms with Gasteiger partial charge in [0, 0.05) is 29.0 Å². The van der Waals surface area contributed by atoms with Gasteiger partial charge in [0.15, 0.2) is 22.8 Å². The largest absolute Gasteiger partial charge is 0.414 e. The third-order valence-electron chi connectivity index (χ3n) is 5.50. The zero-order chi connectivity index (χ0) is 24.0. The summed E-state index contributed by atoms with van der Waals surface area (Å²) in [5.41, 5.74) is 3.47. The van der Waals surface area contributed by atoms with Crippen molar-refractivity contribution in [1.82, 2.24) is 4.98 Å². The van der Waals surface area contributed by atoms with Crippen molar-refractivity contribution in [3.63, 3.8) is 0 Å². The Morgan fingerprint density at radius 2 is 1.97 bits per heavy atom. The predicted molar refractivity (Wildman–Crippen MR) is 108 cm³/mol. The number of aliphatic imine (C=N–C) groups is 1. The number of amidine groups is 1. The van der Waals surface area contributed by atoms with Crippen molar-refractivity contribution >= 4 is 28.5 Å².